The number of nitrogen functional groups attached to an aromatic ring is 1. The van der Waals surface area contributed by atoms with Crippen LogP contribution in [0.2, 0.25) is 0 Å². The third kappa shape index (κ3) is 1.63. The molecule has 0 spiro atoms. The van der Waals surface area contributed by atoms with E-state index in [0.29, 0.717) is 0 Å². The number of pyridine rings is 1. The Bertz CT molecular complexity index is 384. The van der Waals surface area contributed by atoms with Gasteiger partial charge in [0.1, 0.15) is 11.8 Å². The first kappa shape index (κ1) is 10.3. The maximum absolute atomic E-state index is 12.3. The van der Waals surface area contributed by atoms with Gasteiger partial charge in [0.25, 0.3) is 6.43 Å². The van der Waals surface area contributed by atoms with Crippen molar-refractivity contribution in [2.24, 2.45) is 5.73 Å². The minimum Gasteiger partial charge on any atom is -0.397 e. The highest BCUT2D eigenvalue weighted by molar-refractivity contribution is 5.57. The number of aromatic nitrogens is 1. The van der Waals surface area contributed by atoms with Crippen LogP contribution in [0.3, 0.4) is 0 Å². The SMILES string of the molecule is N#Cc1cnc(C(F)F)c(N)c1CN. The summed E-state index contributed by atoms with van der Waals surface area (Å²) in [6, 6.07) is 1.79. The highest BCUT2D eigenvalue weighted by Crippen LogP contribution is 2.26. The molecule has 0 aliphatic carbocycles. The molecule has 0 saturated heterocycles. The molecule has 0 unspecified atom stereocenters. The van der Waals surface area contributed by atoms with Gasteiger partial charge in [0, 0.05) is 18.3 Å². The molecule has 1 aromatic heterocycles. The molecule has 0 radical (unpaired) electrons. The first-order valence-corrected chi connectivity index (χ1v) is 3.77. The van der Waals surface area contributed by atoms with Crippen molar-refractivity contribution < 1.29 is 8.78 Å². The van der Waals surface area contributed by atoms with Crippen molar-refractivity contribution in [1.82, 2.24) is 4.98 Å². The molecule has 0 aromatic carbocycles. The van der Waals surface area contributed by atoms with Gasteiger partial charge in [-0.1, -0.05) is 0 Å². The van der Waals surface area contributed by atoms with Crippen LogP contribution in [0.1, 0.15) is 23.2 Å². The zero-order chi connectivity index (χ0) is 10.7. The monoisotopic (exact) mass is 198 g/mol. The predicted octanol–water partition coefficient (Wildman–Crippen LogP) is 0.932. The number of rotatable bonds is 2. The van der Waals surface area contributed by atoms with Crippen LogP contribution in [0, 0.1) is 11.3 Å². The van der Waals surface area contributed by atoms with E-state index in [1.54, 1.807) is 6.07 Å². The second-order valence-electron chi connectivity index (χ2n) is 2.57. The van der Waals surface area contributed by atoms with Gasteiger partial charge in [0.15, 0.2) is 0 Å². The van der Waals surface area contributed by atoms with Crippen molar-refractivity contribution in [2.45, 2.75) is 13.0 Å². The van der Waals surface area contributed by atoms with Crippen LogP contribution in [0.5, 0.6) is 0 Å². The Morgan fingerprint density at radius 3 is 2.64 bits per heavy atom. The van der Waals surface area contributed by atoms with Gasteiger partial charge >= 0.3 is 0 Å². The summed E-state index contributed by atoms with van der Waals surface area (Å²) >= 11 is 0. The lowest BCUT2D eigenvalue weighted by atomic mass is 10.1. The van der Waals surface area contributed by atoms with Crippen molar-refractivity contribution in [2.75, 3.05) is 5.73 Å². The second-order valence-corrected chi connectivity index (χ2v) is 2.57. The molecule has 4 nitrogen and oxygen atoms in total. The summed E-state index contributed by atoms with van der Waals surface area (Å²) in [5.41, 5.74) is 10.3. The fraction of sp³-hybridized carbons (Fsp3) is 0.250. The van der Waals surface area contributed by atoms with Gasteiger partial charge < -0.3 is 11.5 Å². The number of nitriles is 1. The standard InChI is InChI=1S/C8H8F2N4/c9-8(10)7-6(13)5(2-12)4(1-11)3-14-7/h3,8H,2,12-13H2. The van der Waals surface area contributed by atoms with Gasteiger partial charge in [-0.2, -0.15) is 5.26 Å². The Balaban J connectivity index is 3.37. The number of nitrogens with zero attached hydrogens (tertiary/aromatic N) is 2. The van der Waals surface area contributed by atoms with Crippen molar-refractivity contribution >= 4 is 5.69 Å². The third-order valence-corrected chi connectivity index (χ3v) is 1.79. The molecule has 0 aliphatic heterocycles. The molecular weight excluding hydrogens is 190 g/mol. The molecule has 74 valence electrons. The number of alkyl halides is 2. The highest BCUT2D eigenvalue weighted by Gasteiger charge is 2.17. The Labute approximate surface area is 79.1 Å². The number of halogens is 2. The van der Waals surface area contributed by atoms with Crippen LogP contribution in [-0.4, -0.2) is 4.98 Å². The van der Waals surface area contributed by atoms with Crippen molar-refractivity contribution in [1.29, 1.82) is 5.26 Å². The van der Waals surface area contributed by atoms with Crippen molar-refractivity contribution in [3.8, 4) is 6.07 Å². The van der Waals surface area contributed by atoms with Crippen LogP contribution in [-0.2, 0) is 6.54 Å². The smallest absolute Gasteiger partial charge is 0.282 e. The van der Waals surface area contributed by atoms with E-state index in [1.165, 1.54) is 0 Å². The van der Waals surface area contributed by atoms with Crippen LogP contribution in [0.25, 0.3) is 0 Å². The topological polar surface area (TPSA) is 88.7 Å². The summed E-state index contributed by atoms with van der Waals surface area (Å²) in [7, 11) is 0. The molecule has 4 N–H and O–H groups in total. The number of hydrogen-bond donors (Lipinski definition) is 2. The molecule has 6 heteroatoms. The summed E-state index contributed by atoms with van der Waals surface area (Å²) in [6.07, 6.45) is -1.70. The van der Waals surface area contributed by atoms with Gasteiger partial charge in [-0.25, -0.2) is 8.78 Å². The minimum atomic E-state index is -2.76. The van der Waals surface area contributed by atoms with E-state index < -0.39 is 12.1 Å². The molecule has 0 atom stereocenters. The lowest BCUT2D eigenvalue weighted by molar-refractivity contribution is 0.147. The Morgan fingerprint density at radius 1 is 1.57 bits per heavy atom. The summed E-state index contributed by atoms with van der Waals surface area (Å²) in [6.45, 7) is -0.0586. The van der Waals surface area contributed by atoms with E-state index in [4.69, 9.17) is 16.7 Å². The fourth-order valence-electron chi connectivity index (χ4n) is 1.07. The van der Waals surface area contributed by atoms with Crippen molar-refractivity contribution in [3.05, 3.63) is 23.0 Å². The average molecular weight is 198 g/mol. The van der Waals surface area contributed by atoms with E-state index in [9.17, 15) is 8.78 Å². The van der Waals surface area contributed by atoms with E-state index in [1.807, 2.05) is 0 Å². The Kier molecular flexibility index (Phi) is 2.94. The lowest BCUT2D eigenvalue weighted by Crippen LogP contribution is -2.09. The van der Waals surface area contributed by atoms with Crippen LogP contribution < -0.4 is 11.5 Å². The molecule has 0 aliphatic rings. The van der Waals surface area contributed by atoms with Crippen molar-refractivity contribution in [3.63, 3.8) is 0 Å². The summed E-state index contributed by atoms with van der Waals surface area (Å²) in [4.78, 5) is 3.40. The average Bonchev–Trinajstić information content (AvgIpc) is 2.16. The summed E-state index contributed by atoms with van der Waals surface area (Å²) in [5, 5.41) is 8.61. The zero-order valence-corrected chi connectivity index (χ0v) is 7.17. The van der Waals surface area contributed by atoms with Crippen LogP contribution in [0.15, 0.2) is 6.20 Å². The normalized spacial score (nSPS) is 10.2. The Hall–Kier alpha value is -1.74. The predicted molar refractivity (Wildman–Crippen MR) is 46.2 cm³/mol. The molecule has 14 heavy (non-hydrogen) atoms. The maximum atomic E-state index is 12.3. The molecule has 0 saturated carbocycles. The van der Waals surface area contributed by atoms with Gasteiger partial charge in [-0.05, 0) is 0 Å². The third-order valence-electron chi connectivity index (χ3n) is 1.79. The van der Waals surface area contributed by atoms with E-state index >= 15 is 0 Å². The Morgan fingerprint density at radius 2 is 2.21 bits per heavy atom. The van der Waals surface area contributed by atoms with Crippen LogP contribution in [0.4, 0.5) is 14.5 Å². The number of anilines is 1. The quantitative estimate of drug-likeness (QED) is 0.739. The minimum absolute atomic E-state index is 0.0586. The van der Waals surface area contributed by atoms with E-state index in [0.717, 1.165) is 6.20 Å². The zero-order valence-electron chi connectivity index (χ0n) is 7.17. The number of hydrogen-bond acceptors (Lipinski definition) is 4. The van der Waals surface area contributed by atoms with Gasteiger partial charge in [0.05, 0.1) is 11.3 Å². The summed E-state index contributed by atoms with van der Waals surface area (Å²) < 4.78 is 24.6. The lowest BCUT2D eigenvalue weighted by Gasteiger charge is -2.09. The number of nitrogens with two attached hydrogens (primary N) is 2. The molecular formula is C8H8F2N4. The van der Waals surface area contributed by atoms with E-state index in [-0.39, 0.29) is 23.4 Å². The highest BCUT2D eigenvalue weighted by atomic mass is 19.3. The molecule has 0 bridgehead atoms. The summed E-state index contributed by atoms with van der Waals surface area (Å²) in [5.74, 6) is 0. The van der Waals surface area contributed by atoms with Gasteiger partial charge in [0.2, 0.25) is 0 Å². The van der Waals surface area contributed by atoms with E-state index in [2.05, 4.69) is 4.98 Å². The van der Waals surface area contributed by atoms with Gasteiger partial charge in [-0.15, -0.1) is 0 Å². The maximum Gasteiger partial charge on any atom is 0.282 e. The molecule has 0 amide bonds. The van der Waals surface area contributed by atoms with Gasteiger partial charge in [-0.3, -0.25) is 4.98 Å². The molecule has 0 fully saturated rings. The molecule has 1 heterocycles. The van der Waals surface area contributed by atoms with Crippen LogP contribution >= 0.6 is 0 Å². The largest absolute Gasteiger partial charge is 0.397 e. The first-order valence-electron chi connectivity index (χ1n) is 3.77. The molecule has 1 rings (SSSR count). The fourth-order valence-corrected chi connectivity index (χ4v) is 1.07. The second kappa shape index (κ2) is 3.98. The molecule has 1 aromatic rings. The first-order chi connectivity index (χ1) is 6.61.